The fourth-order valence-corrected chi connectivity index (χ4v) is 3.73. The second-order valence-corrected chi connectivity index (χ2v) is 7.49. The number of carbonyl (C=O) groups is 1. The van der Waals surface area contributed by atoms with Crippen LogP contribution in [0.1, 0.15) is 21.9 Å². The molecule has 5 rings (SSSR count). The molecule has 0 radical (unpaired) electrons. The number of alkyl halides is 3. The highest BCUT2D eigenvalue weighted by Crippen LogP contribution is 2.32. The standard InChI is InChI=1S/C21H17F3N8O/c1-30-8-7-25-17(30)11-27-19(33)12-3-5-15-14(9-12)18-20(31(2)29-28-18)32(15)13-4-6-16(26-10-13)21(22,23)24/h3-10H,11H2,1-2H3,(H,27,33). The Morgan fingerprint density at radius 3 is 2.61 bits per heavy atom. The lowest BCUT2D eigenvalue weighted by atomic mass is 10.1. The molecule has 0 bridgehead atoms. The minimum Gasteiger partial charge on any atom is -0.345 e. The lowest BCUT2D eigenvalue weighted by Gasteiger charge is -2.10. The maximum absolute atomic E-state index is 12.9. The second kappa shape index (κ2) is 7.43. The SMILES string of the molecule is Cn1ccnc1CNC(=O)c1ccc2c(c1)c1nnn(C)c1n2-c1ccc(C(F)(F)F)nc1. The van der Waals surface area contributed by atoms with Crippen LogP contribution < -0.4 is 5.32 Å². The Balaban J connectivity index is 1.56. The predicted octanol–water partition coefficient (Wildman–Crippen LogP) is 2.99. The van der Waals surface area contributed by atoms with Crippen molar-refractivity contribution in [2.24, 2.45) is 14.1 Å². The first kappa shape index (κ1) is 20.7. The summed E-state index contributed by atoms with van der Waals surface area (Å²) in [6, 6.07) is 7.33. The summed E-state index contributed by atoms with van der Waals surface area (Å²) in [5.74, 6) is 0.419. The number of fused-ring (bicyclic) bond motifs is 3. The third-order valence-corrected chi connectivity index (χ3v) is 5.39. The Hall–Kier alpha value is -4.22. The molecule has 9 nitrogen and oxygen atoms in total. The summed E-state index contributed by atoms with van der Waals surface area (Å²) in [4.78, 5) is 20.5. The van der Waals surface area contributed by atoms with Crippen molar-refractivity contribution in [3.8, 4) is 5.69 Å². The third kappa shape index (κ3) is 3.49. The number of amides is 1. The zero-order valence-electron chi connectivity index (χ0n) is 17.5. The first-order chi connectivity index (χ1) is 15.7. The van der Waals surface area contributed by atoms with E-state index in [0.717, 1.165) is 12.3 Å². The van der Waals surface area contributed by atoms with Crippen molar-refractivity contribution < 1.29 is 18.0 Å². The Morgan fingerprint density at radius 2 is 1.94 bits per heavy atom. The normalized spacial score (nSPS) is 12.0. The van der Waals surface area contributed by atoms with Gasteiger partial charge >= 0.3 is 6.18 Å². The molecule has 1 amide bonds. The van der Waals surface area contributed by atoms with E-state index in [2.05, 4.69) is 25.6 Å². The molecule has 4 aromatic heterocycles. The van der Waals surface area contributed by atoms with Crippen LogP contribution in [0, 0.1) is 0 Å². The van der Waals surface area contributed by atoms with Crippen LogP contribution in [0.15, 0.2) is 48.9 Å². The number of rotatable bonds is 4. The van der Waals surface area contributed by atoms with Crippen LogP contribution in [0.4, 0.5) is 13.2 Å². The molecule has 0 saturated carbocycles. The van der Waals surface area contributed by atoms with Gasteiger partial charge in [0.2, 0.25) is 0 Å². The molecule has 33 heavy (non-hydrogen) atoms. The molecule has 12 heteroatoms. The zero-order chi connectivity index (χ0) is 23.3. The number of aryl methyl sites for hydroxylation is 2. The van der Waals surface area contributed by atoms with E-state index in [4.69, 9.17) is 0 Å². The van der Waals surface area contributed by atoms with Crippen LogP contribution in [-0.4, -0.2) is 40.0 Å². The summed E-state index contributed by atoms with van der Waals surface area (Å²) in [5, 5.41) is 11.7. The molecular weight excluding hydrogens is 437 g/mol. The number of benzene rings is 1. The number of aromatic nitrogens is 7. The van der Waals surface area contributed by atoms with Crippen molar-refractivity contribution in [2.45, 2.75) is 12.7 Å². The van der Waals surface area contributed by atoms with Crippen LogP contribution >= 0.6 is 0 Å². The Morgan fingerprint density at radius 1 is 1.12 bits per heavy atom. The summed E-state index contributed by atoms with van der Waals surface area (Å²) in [5.41, 5.74) is 1.59. The number of nitrogens with one attached hydrogen (secondary N) is 1. The number of pyridine rings is 1. The number of hydrogen-bond donors (Lipinski definition) is 1. The zero-order valence-corrected chi connectivity index (χ0v) is 17.5. The van der Waals surface area contributed by atoms with Gasteiger partial charge < -0.3 is 9.88 Å². The van der Waals surface area contributed by atoms with E-state index in [-0.39, 0.29) is 12.5 Å². The van der Waals surface area contributed by atoms with Gasteiger partial charge in [-0.2, -0.15) is 13.2 Å². The van der Waals surface area contributed by atoms with Crippen molar-refractivity contribution >= 4 is 28.0 Å². The van der Waals surface area contributed by atoms with Crippen molar-refractivity contribution in [3.05, 3.63) is 66.0 Å². The van der Waals surface area contributed by atoms with Crippen LogP contribution in [0.25, 0.3) is 27.8 Å². The van der Waals surface area contributed by atoms with Gasteiger partial charge in [-0.25, -0.2) is 14.6 Å². The van der Waals surface area contributed by atoms with Crippen molar-refractivity contribution in [1.29, 1.82) is 0 Å². The topological polar surface area (TPSA) is 95.5 Å². The fourth-order valence-electron chi connectivity index (χ4n) is 3.73. The molecule has 0 fully saturated rings. The molecule has 0 saturated heterocycles. The van der Waals surface area contributed by atoms with E-state index in [0.29, 0.717) is 39.1 Å². The number of carbonyl (C=O) groups excluding carboxylic acids is 1. The van der Waals surface area contributed by atoms with E-state index < -0.39 is 11.9 Å². The van der Waals surface area contributed by atoms with E-state index in [1.807, 2.05) is 11.6 Å². The summed E-state index contributed by atoms with van der Waals surface area (Å²) < 4.78 is 43.9. The Labute approximate surface area is 184 Å². The van der Waals surface area contributed by atoms with Crippen LogP contribution in [0.2, 0.25) is 0 Å². The van der Waals surface area contributed by atoms with Gasteiger partial charge in [-0.15, -0.1) is 5.10 Å². The van der Waals surface area contributed by atoms with Crippen LogP contribution in [0.3, 0.4) is 0 Å². The summed E-state index contributed by atoms with van der Waals surface area (Å²) in [6.45, 7) is 0.263. The molecule has 4 heterocycles. The first-order valence-electron chi connectivity index (χ1n) is 9.86. The monoisotopic (exact) mass is 454 g/mol. The third-order valence-electron chi connectivity index (χ3n) is 5.39. The minimum absolute atomic E-state index is 0.263. The van der Waals surface area contributed by atoms with Gasteiger partial charge in [-0.1, -0.05) is 5.21 Å². The molecule has 168 valence electrons. The highest BCUT2D eigenvalue weighted by molar-refractivity contribution is 6.09. The number of imidazole rings is 1. The second-order valence-electron chi connectivity index (χ2n) is 7.49. The average Bonchev–Trinajstić information content (AvgIpc) is 3.46. The smallest absolute Gasteiger partial charge is 0.345 e. The van der Waals surface area contributed by atoms with Crippen molar-refractivity contribution in [2.75, 3.05) is 0 Å². The quantitative estimate of drug-likeness (QED) is 0.451. The van der Waals surface area contributed by atoms with Gasteiger partial charge in [0, 0.05) is 37.4 Å². The minimum atomic E-state index is -4.53. The number of nitrogens with zero attached hydrogens (tertiary/aromatic N) is 7. The lowest BCUT2D eigenvalue weighted by Crippen LogP contribution is -2.24. The van der Waals surface area contributed by atoms with Gasteiger partial charge in [0.15, 0.2) is 5.65 Å². The fraction of sp³-hybridized carbons (Fsp3) is 0.190. The average molecular weight is 454 g/mol. The van der Waals surface area contributed by atoms with E-state index in [1.54, 1.807) is 42.2 Å². The van der Waals surface area contributed by atoms with Gasteiger partial charge in [0.1, 0.15) is 17.0 Å². The van der Waals surface area contributed by atoms with E-state index in [1.165, 1.54) is 10.7 Å². The van der Waals surface area contributed by atoms with Gasteiger partial charge in [-0.05, 0) is 30.3 Å². The molecule has 1 N–H and O–H groups in total. The summed E-state index contributed by atoms with van der Waals surface area (Å²) in [7, 11) is 3.52. The highest BCUT2D eigenvalue weighted by atomic mass is 19.4. The molecule has 0 aliphatic heterocycles. The van der Waals surface area contributed by atoms with Gasteiger partial charge in [0.25, 0.3) is 5.91 Å². The lowest BCUT2D eigenvalue weighted by molar-refractivity contribution is -0.141. The van der Waals surface area contributed by atoms with Crippen molar-refractivity contribution in [1.82, 2.24) is 39.4 Å². The van der Waals surface area contributed by atoms with E-state index >= 15 is 0 Å². The molecule has 0 aliphatic carbocycles. The maximum atomic E-state index is 12.9. The van der Waals surface area contributed by atoms with Crippen LogP contribution in [0.5, 0.6) is 0 Å². The summed E-state index contributed by atoms with van der Waals surface area (Å²) in [6.07, 6.45) is 0.0639. The molecule has 5 aromatic rings. The summed E-state index contributed by atoms with van der Waals surface area (Å²) >= 11 is 0. The van der Waals surface area contributed by atoms with Crippen molar-refractivity contribution in [3.63, 3.8) is 0 Å². The molecule has 0 unspecified atom stereocenters. The molecule has 0 aliphatic rings. The highest BCUT2D eigenvalue weighted by Gasteiger charge is 2.32. The Bertz CT molecular complexity index is 1490. The largest absolute Gasteiger partial charge is 0.433 e. The molecule has 1 aromatic carbocycles. The van der Waals surface area contributed by atoms with Gasteiger partial charge in [0.05, 0.1) is 23.9 Å². The van der Waals surface area contributed by atoms with Gasteiger partial charge in [-0.3, -0.25) is 9.36 Å². The van der Waals surface area contributed by atoms with Crippen LogP contribution in [-0.2, 0) is 26.8 Å². The first-order valence-corrected chi connectivity index (χ1v) is 9.86. The predicted molar refractivity (Wildman–Crippen MR) is 113 cm³/mol. The molecular formula is C21H17F3N8O. The van der Waals surface area contributed by atoms with E-state index in [9.17, 15) is 18.0 Å². The molecule has 0 spiro atoms. The number of hydrogen-bond acceptors (Lipinski definition) is 5. The molecule has 0 atom stereocenters. The Kier molecular flexibility index (Phi) is 4.65. The number of halogens is 3. The maximum Gasteiger partial charge on any atom is 0.433 e.